The third-order valence-corrected chi connectivity index (χ3v) is 5.93. The fraction of sp³-hybridized carbons (Fsp3) is 0.300. The lowest BCUT2D eigenvalue weighted by Gasteiger charge is -2.16. The Labute approximate surface area is 166 Å². The lowest BCUT2D eigenvalue weighted by molar-refractivity contribution is -0.127. The van der Waals surface area contributed by atoms with Crippen LogP contribution < -0.4 is 5.32 Å². The molecule has 4 nitrogen and oxygen atoms in total. The van der Waals surface area contributed by atoms with Crippen LogP contribution in [0.3, 0.4) is 0 Å². The zero-order valence-corrected chi connectivity index (χ0v) is 17.0. The molecule has 0 bridgehead atoms. The van der Waals surface area contributed by atoms with Gasteiger partial charge in [-0.25, -0.2) is 0 Å². The highest BCUT2D eigenvalue weighted by molar-refractivity contribution is 9.10. The van der Waals surface area contributed by atoms with Gasteiger partial charge in [0.15, 0.2) is 0 Å². The van der Waals surface area contributed by atoms with Gasteiger partial charge in [0.2, 0.25) is 5.91 Å². The Bertz CT molecular complexity index is 819. The van der Waals surface area contributed by atoms with Crippen LogP contribution in [0.4, 0.5) is 5.69 Å². The lowest BCUT2D eigenvalue weighted by Crippen LogP contribution is -2.29. The molecule has 1 saturated heterocycles. The SMILES string of the molecule is Cc1cc(Br)ccc1NC(=O)c1ccccc1SCC(=O)N1CCCC1. The zero-order valence-electron chi connectivity index (χ0n) is 14.6. The predicted molar refractivity (Wildman–Crippen MR) is 110 cm³/mol. The zero-order chi connectivity index (χ0) is 18.5. The van der Waals surface area contributed by atoms with Crippen LogP contribution in [0.1, 0.15) is 28.8 Å². The van der Waals surface area contributed by atoms with Crippen molar-refractivity contribution in [1.29, 1.82) is 0 Å². The van der Waals surface area contributed by atoms with Crippen LogP contribution in [0.2, 0.25) is 0 Å². The maximum absolute atomic E-state index is 12.7. The Kier molecular flexibility index (Phi) is 6.38. The molecule has 1 aliphatic heterocycles. The third kappa shape index (κ3) is 4.68. The van der Waals surface area contributed by atoms with E-state index in [-0.39, 0.29) is 11.8 Å². The topological polar surface area (TPSA) is 49.4 Å². The molecule has 1 aliphatic rings. The summed E-state index contributed by atoms with van der Waals surface area (Å²) in [6.45, 7) is 3.66. The summed E-state index contributed by atoms with van der Waals surface area (Å²) in [6, 6.07) is 13.2. The van der Waals surface area contributed by atoms with E-state index >= 15 is 0 Å². The van der Waals surface area contributed by atoms with Crippen LogP contribution in [0, 0.1) is 6.92 Å². The number of amides is 2. The number of carbonyl (C=O) groups is 2. The minimum absolute atomic E-state index is 0.145. The number of nitrogens with one attached hydrogen (secondary N) is 1. The van der Waals surface area contributed by atoms with E-state index in [0.29, 0.717) is 11.3 Å². The number of aryl methyl sites for hydroxylation is 1. The van der Waals surface area contributed by atoms with E-state index in [0.717, 1.165) is 46.6 Å². The highest BCUT2D eigenvalue weighted by atomic mass is 79.9. The van der Waals surface area contributed by atoms with E-state index in [1.807, 2.05) is 48.2 Å². The first-order chi connectivity index (χ1) is 12.5. The van der Waals surface area contributed by atoms with Crippen LogP contribution in [-0.4, -0.2) is 35.6 Å². The standard InChI is InChI=1S/C20H21BrN2O2S/c1-14-12-15(21)8-9-17(14)22-20(25)16-6-2-3-7-18(16)26-13-19(24)23-10-4-5-11-23/h2-3,6-9,12H,4-5,10-11,13H2,1H3,(H,22,25). The van der Waals surface area contributed by atoms with Gasteiger partial charge < -0.3 is 10.2 Å². The van der Waals surface area contributed by atoms with E-state index in [4.69, 9.17) is 0 Å². The average molecular weight is 433 g/mol. The fourth-order valence-electron chi connectivity index (χ4n) is 2.93. The molecule has 2 aromatic rings. The van der Waals surface area contributed by atoms with Crippen molar-refractivity contribution in [1.82, 2.24) is 4.90 Å². The second kappa shape index (κ2) is 8.73. The van der Waals surface area contributed by atoms with Crippen molar-refractivity contribution >= 4 is 45.2 Å². The van der Waals surface area contributed by atoms with Gasteiger partial charge in [-0.3, -0.25) is 9.59 Å². The normalized spacial score (nSPS) is 13.7. The molecule has 2 aromatic carbocycles. The molecular formula is C20H21BrN2O2S. The number of hydrogen-bond acceptors (Lipinski definition) is 3. The monoisotopic (exact) mass is 432 g/mol. The summed E-state index contributed by atoms with van der Waals surface area (Å²) in [5.74, 6) is 0.348. The number of nitrogens with zero attached hydrogens (tertiary/aromatic N) is 1. The highest BCUT2D eigenvalue weighted by Crippen LogP contribution is 2.26. The number of hydrogen-bond donors (Lipinski definition) is 1. The van der Waals surface area contributed by atoms with E-state index in [1.54, 1.807) is 6.07 Å². The Morgan fingerprint density at radius 3 is 2.62 bits per heavy atom. The summed E-state index contributed by atoms with van der Waals surface area (Å²) >= 11 is 4.86. The lowest BCUT2D eigenvalue weighted by atomic mass is 10.1. The predicted octanol–water partition coefficient (Wildman–Crippen LogP) is 4.72. The van der Waals surface area contributed by atoms with Crippen molar-refractivity contribution in [2.45, 2.75) is 24.7 Å². The number of thioether (sulfide) groups is 1. The molecule has 0 atom stereocenters. The first-order valence-corrected chi connectivity index (χ1v) is 10.4. The molecule has 1 fully saturated rings. The van der Waals surface area contributed by atoms with Crippen LogP contribution in [0.25, 0.3) is 0 Å². The summed E-state index contributed by atoms with van der Waals surface area (Å²) in [4.78, 5) is 27.7. The number of anilines is 1. The fourth-order valence-corrected chi connectivity index (χ4v) is 4.36. The van der Waals surface area contributed by atoms with Crippen molar-refractivity contribution in [2.24, 2.45) is 0 Å². The molecule has 26 heavy (non-hydrogen) atoms. The minimum Gasteiger partial charge on any atom is -0.342 e. The molecule has 2 amide bonds. The average Bonchev–Trinajstić information content (AvgIpc) is 3.17. The van der Waals surface area contributed by atoms with Gasteiger partial charge >= 0.3 is 0 Å². The third-order valence-electron chi connectivity index (χ3n) is 4.38. The summed E-state index contributed by atoms with van der Waals surface area (Å²) in [7, 11) is 0. The Hall–Kier alpha value is -1.79. The van der Waals surface area contributed by atoms with Gasteiger partial charge in [-0.15, -0.1) is 11.8 Å². The first kappa shape index (κ1) is 19.0. The maximum atomic E-state index is 12.7. The molecule has 1 N–H and O–H groups in total. The minimum atomic E-state index is -0.160. The van der Waals surface area contributed by atoms with Crippen molar-refractivity contribution in [2.75, 3.05) is 24.2 Å². The number of rotatable bonds is 5. The van der Waals surface area contributed by atoms with Gasteiger partial charge in [-0.2, -0.15) is 0 Å². The summed E-state index contributed by atoms with van der Waals surface area (Å²) in [5.41, 5.74) is 2.36. The molecule has 0 aliphatic carbocycles. The van der Waals surface area contributed by atoms with Gasteiger partial charge in [0.1, 0.15) is 0 Å². The smallest absolute Gasteiger partial charge is 0.256 e. The molecule has 0 radical (unpaired) electrons. The second-order valence-corrected chi connectivity index (χ2v) is 8.22. The summed E-state index contributed by atoms with van der Waals surface area (Å²) in [5, 5.41) is 2.97. The van der Waals surface area contributed by atoms with E-state index < -0.39 is 0 Å². The molecular weight excluding hydrogens is 412 g/mol. The summed E-state index contributed by atoms with van der Waals surface area (Å²) < 4.78 is 0.976. The largest absolute Gasteiger partial charge is 0.342 e. The molecule has 6 heteroatoms. The van der Waals surface area contributed by atoms with E-state index in [9.17, 15) is 9.59 Å². The molecule has 1 heterocycles. The van der Waals surface area contributed by atoms with Crippen molar-refractivity contribution in [3.63, 3.8) is 0 Å². The number of likely N-dealkylation sites (tertiary alicyclic amines) is 1. The Balaban J connectivity index is 1.69. The second-order valence-electron chi connectivity index (χ2n) is 6.29. The van der Waals surface area contributed by atoms with Crippen LogP contribution in [-0.2, 0) is 4.79 Å². The van der Waals surface area contributed by atoms with Gasteiger partial charge in [0, 0.05) is 28.1 Å². The van der Waals surface area contributed by atoms with Crippen molar-refractivity contribution in [3.8, 4) is 0 Å². The molecule has 0 aromatic heterocycles. The Morgan fingerprint density at radius 1 is 1.15 bits per heavy atom. The maximum Gasteiger partial charge on any atom is 0.256 e. The van der Waals surface area contributed by atoms with Gasteiger partial charge in [0.25, 0.3) is 5.91 Å². The van der Waals surface area contributed by atoms with Gasteiger partial charge in [0.05, 0.1) is 11.3 Å². The molecule has 0 saturated carbocycles. The van der Waals surface area contributed by atoms with Gasteiger partial charge in [-0.1, -0.05) is 28.1 Å². The number of carbonyl (C=O) groups excluding carboxylic acids is 2. The number of benzene rings is 2. The quantitative estimate of drug-likeness (QED) is 0.694. The summed E-state index contributed by atoms with van der Waals surface area (Å²) in [6.07, 6.45) is 2.17. The first-order valence-electron chi connectivity index (χ1n) is 8.62. The molecule has 3 rings (SSSR count). The van der Waals surface area contributed by atoms with Gasteiger partial charge in [-0.05, 0) is 55.7 Å². The van der Waals surface area contributed by atoms with Crippen LogP contribution in [0.15, 0.2) is 51.8 Å². The molecule has 136 valence electrons. The van der Waals surface area contributed by atoms with Crippen LogP contribution in [0.5, 0.6) is 0 Å². The van der Waals surface area contributed by atoms with E-state index in [2.05, 4.69) is 21.2 Å². The number of halogens is 1. The van der Waals surface area contributed by atoms with Crippen LogP contribution >= 0.6 is 27.7 Å². The van der Waals surface area contributed by atoms with Crippen molar-refractivity contribution in [3.05, 3.63) is 58.1 Å². The highest BCUT2D eigenvalue weighted by Gasteiger charge is 2.19. The Morgan fingerprint density at radius 2 is 1.88 bits per heavy atom. The van der Waals surface area contributed by atoms with Crippen molar-refractivity contribution < 1.29 is 9.59 Å². The van der Waals surface area contributed by atoms with E-state index in [1.165, 1.54) is 11.8 Å². The molecule has 0 spiro atoms. The molecule has 0 unspecified atom stereocenters.